The predicted molar refractivity (Wildman–Crippen MR) is 88.8 cm³/mol. The maximum Gasteiger partial charge on any atom is 0.243 e. The summed E-state index contributed by atoms with van der Waals surface area (Å²) in [6.45, 7) is 3.73. The van der Waals surface area contributed by atoms with E-state index < -0.39 is 0 Å². The number of nitrogens with zero attached hydrogens (tertiary/aromatic N) is 3. The van der Waals surface area contributed by atoms with Crippen molar-refractivity contribution < 1.29 is 9.18 Å². The van der Waals surface area contributed by atoms with Gasteiger partial charge in [-0.15, -0.1) is 0 Å². The first kappa shape index (κ1) is 15.6. The largest absolute Gasteiger partial charge is 0.348 e. The van der Waals surface area contributed by atoms with Crippen LogP contribution >= 0.6 is 0 Å². The monoisotopic (exact) mass is 322 g/mol. The number of hydrogen-bond donors (Lipinski definition) is 1. The van der Waals surface area contributed by atoms with E-state index >= 15 is 0 Å². The summed E-state index contributed by atoms with van der Waals surface area (Å²) in [4.78, 5) is 15.8. The van der Waals surface area contributed by atoms with Crippen LogP contribution in [0.5, 0.6) is 0 Å². The van der Waals surface area contributed by atoms with E-state index in [2.05, 4.69) is 22.0 Å². The molecule has 3 aromatic rings. The van der Waals surface area contributed by atoms with Crippen LogP contribution in [0.4, 0.5) is 4.39 Å². The Bertz CT molecular complexity index is 857. The van der Waals surface area contributed by atoms with Gasteiger partial charge < -0.3 is 5.32 Å². The lowest BCUT2D eigenvalue weighted by Crippen LogP contribution is -2.21. The highest BCUT2D eigenvalue weighted by Crippen LogP contribution is 2.22. The Kier molecular flexibility index (Phi) is 4.47. The number of carbonyl (C=O) groups is 1. The van der Waals surface area contributed by atoms with E-state index in [9.17, 15) is 9.18 Å². The molecule has 0 bridgehead atoms. The van der Waals surface area contributed by atoms with Gasteiger partial charge in [-0.1, -0.05) is 6.58 Å². The van der Waals surface area contributed by atoms with Crippen molar-refractivity contribution in [1.29, 1.82) is 0 Å². The first-order chi connectivity index (χ1) is 11.7. The van der Waals surface area contributed by atoms with Crippen molar-refractivity contribution >= 4 is 5.91 Å². The molecule has 3 rings (SSSR count). The van der Waals surface area contributed by atoms with Crippen molar-refractivity contribution in [1.82, 2.24) is 20.1 Å². The first-order valence-electron chi connectivity index (χ1n) is 7.32. The van der Waals surface area contributed by atoms with Crippen LogP contribution in [0.1, 0.15) is 5.56 Å². The summed E-state index contributed by atoms with van der Waals surface area (Å²) in [7, 11) is 0. The van der Waals surface area contributed by atoms with Crippen molar-refractivity contribution in [2.75, 3.05) is 0 Å². The van der Waals surface area contributed by atoms with Crippen LogP contribution in [0.3, 0.4) is 0 Å². The molecule has 6 heteroatoms. The van der Waals surface area contributed by atoms with Crippen molar-refractivity contribution in [2.24, 2.45) is 0 Å². The molecule has 120 valence electrons. The molecule has 0 aliphatic heterocycles. The predicted octanol–water partition coefficient (Wildman–Crippen LogP) is 2.88. The Balaban J connectivity index is 1.99. The summed E-state index contributed by atoms with van der Waals surface area (Å²) in [5, 5.41) is 6.97. The molecular formula is C18H15FN4O. The molecule has 0 aliphatic rings. The molecule has 0 fully saturated rings. The van der Waals surface area contributed by atoms with Crippen molar-refractivity contribution in [3.8, 4) is 16.9 Å². The molecule has 0 saturated carbocycles. The van der Waals surface area contributed by atoms with E-state index in [4.69, 9.17) is 0 Å². The normalized spacial score (nSPS) is 10.4. The number of hydrogen-bond acceptors (Lipinski definition) is 3. The molecule has 0 saturated heterocycles. The van der Waals surface area contributed by atoms with Crippen LogP contribution < -0.4 is 5.32 Å². The van der Waals surface area contributed by atoms with E-state index in [1.54, 1.807) is 29.2 Å². The third-order valence-electron chi connectivity index (χ3n) is 3.49. The molecule has 0 spiro atoms. The average molecular weight is 322 g/mol. The van der Waals surface area contributed by atoms with Gasteiger partial charge >= 0.3 is 0 Å². The SMILES string of the molecule is C=CC(=O)NCc1cnc(-c2ccc(F)cc2)cc1-n1cccn1. The molecular weight excluding hydrogens is 307 g/mol. The minimum Gasteiger partial charge on any atom is -0.348 e. The zero-order valence-corrected chi connectivity index (χ0v) is 12.8. The van der Waals surface area contributed by atoms with Crippen molar-refractivity contribution in [3.63, 3.8) is 0 Å². The highest BCUT2D eigenvalue weighted by Gasteiger charge is 2.10. The molecule has 2 heterocycles. The number of benzene rings is 1. The molecule has 0 aliphatic carbocycles. The van der Waals surface area contributed by atoms with Gasteiger partial charge in [0.25, 0.3) is 0 Å². The van der Waals surface area contributed by atoms with Crippen molar-refractivity contribution in [3.05, 3.63) is 79.0 Å². The van der Waals surface area contributed by atoms with E-state index in [0.717, 1.165) is 16.8 Å². The Morgan fingerprint density at radius 2 is 2.12 bits per heavy atom. The third-order valence-corrected chi connectivity index (χ3v) is 3.49. The highest BCUT2D eigenvalue weighted by molar-refractivity contribution is 5.86. The Morgan fingerprint density at radius 3 is 2.79 bits per heavy atom. The van der Waals surface area contributed by atoms with Gasteiger partial charge in [0.2, 0.25) is 5.91 Å². The van der Waals surface area contributed by atoms with Crippen LogP contribution in [0.25, 0.3) is 16.9 Å². The number of carbonyl (C=O) groups excluding carboxylic acids is 1. The Morgan fingerprint density at radius 1 is 1.33 bits per heavy atom. The second-order valence-electron chi connectivity index (χ2n) is 5.08. The molecule has 0 atom stereocenters. The summed E-state index contributed by atoms with van der Waals surface area (Å²) < 4.78 is 14.8. The van der Waals surface area contributed by atoms with Gasteiger partial charge in [0.1, 0.15) is 5.82 Å². The quantitative estimate of drug-likeness (QED) is 0.735. The van der Waals surface area contributed by atoms with Gasteiger partial charge in [0, 0.05) is 36.3 Å². The molecule has 1 amide bonds. The molecule has 2 aromatic heterocycles. The third kappa shape index (κ3) is 3.38. The molecule has 1 aromatic carbocycles. The van der Waals surface area contributed by atoms with E-state index in [0.29, 0.717) is 12.2 Å². The zero-order chi connectivity index (χ0) is 16.9. The number of amides is 1. The maximum atomic E-state index is 13.1. The van der Waals surface area contributed by atoms with Crippen molar-refractivity contribution in [2.45, 2.75) is 6.54 Å². The van der Waals surface area contributed by atoms with Gasteiger partial charge in [0.15, 0.2) is 0 Å². The molecule has 5 nitrogen and oxygen atoms in total. The van der Waals surface area contributed by atoms with Crippen LogP contribution in [-0.4, -0.2) is 20.7 Å². The summed E-state index contributed by atoms with van der Waals surface area (Å²) >= 11 is 0. The number of nitrogens with one attached hydrogen (secondary N) is 1. The van der Waals surface area contributed by atoms with Gasteiger partial charge in [0.05, 0.1) is 11.4 Å². The maximum absolute atomic E-state index is 13.1. The molecule has 0 radical (unpaired) electrons. The van der Waals surface area contributed by atoms with Crippen LogP contribution in [0, 0.1) is 5.82 Å². The van der Waals surface area contributed by atoms with Crippen LogP contribution in [-0.2, 0) is 11.3 Å². The molecule has 1 N–H and O–H groups in total. The van der Waals surface area contributed by atoms with Gasteiger partial charge in [-0.3, -0.25) is 9.78 Å². The fourth-order valence-electron chi connectivity index (χ4n) is 2.27. The van der Waals surface area contributed by atoms with Crippen LogP contribution in [0.2, 0.25) is 0 Å². The van der Waals surface area contributed by atoms with Crippen LogP contribution in [0.15, 0.2) is 67.6 Å². The second-order valence-corrected chi connectivity index (χ2v) is 5.08. The number of halogens is 1. The highest BCUT2D eigenvalue weighted by atomic mass is 19.1. The second kappa shape index (κ2) is 6.87. The van der Waals surface area contributed by atoms with Gasteiger partial charge in [-0.25, -0.2) is 9.07 Å². The van der Waals surface area contributed by atoms with E-state index in [1.807, 2.05) is 18.3 Å². The summed E-state index contributed by atoms with van der Waals surface area (Å²) in [5.74, 6) is -0.557. The van der Waals surface area contributed by atoms with Gasteiger partial charge in [-0.05, 0) is 42.5 Å². The molecule has 24 heavy (non-hydrogen) atoms. The Hall–Kier alpha value is -3.28. The molecule has 0 unspecified atom stereocenters. The standard InChI is InChI=1S/C18H15FN4O/c1-2-18(24)21-12-14-11-20-16(13-4-6-15(19)7-5-13)10-17(14)23-9-3-8-22-23/h2-11H,1,12H2,(H,21,24). The van der Waals surface area contributed by atoms with E-state index in [-0.39, 0.29) is 11.7 Å². The fraction of sp³-hybridized carbons (Fsp3) is 0.0556. The lowest BCUT2D eigenvalue weighted by Gasteiger charge is -2.12. The summed E-state index contributed by atoms with van der Waals surface area (Å²) in [6.07, 6.45) is 6.37. The summed E-state index contributed by atoms with van der Waals surface area (Å²) in [6, 6.07) is 9.79. The minimum absolute atomic E-state index is 0.260. The Labute approximate surface area is 138 Å². The van der Waals surface area contributed by atoms with Gasteiger partial charge in [-0.2, -0.15) is 5.10 Å². The number of rotatable bonds is 5. The summed E-state index contributed by atoms with van der Waals surface area (Å²) in [5.41, 5.74) is 3.09. The number of aromatic nitrogens is 3. The topological polar surface area (TPSA) is 59.8 Å². The number of pyridine rings is 1. The smallest absolute Gasteiger partial charge is 0.243 e. The average Bonchev–Trinajstić information content (AvgIpc) is 3.14. The lowest BCUT2D eigenvalue weighted by atomic mass is 10.1. The fourth-order valence-corrected chi connectivity index (χ4v) is 2.27. The first-order valence-corrected chi connectivity index (χ1v) is 7.32. The lowest BCUT2D eigenvalue weighted by molar-refractivity contribution is -0.116. The van der Waals surface area contributed by atoms with E-state index in [1.165, 1.54) is 18.2 Å². The minimum atomic E-state index is -0.296. The zero-order valence-electron chi connectivity index (χ0n) is 12.8.